The van der Waals surface area contributed by atoms with E-state index in [1.165, 1.54) is 0 Å². The highest BCUT2D eigenvalue weighted by Crippen LogP contribution is 2.33. The van der Waals surface area contributed by atoms with Gasteiger partial charge in [0.25, 0.3) is 0 Å². The van der Waals surface area contributed by atoms with Gasteiger partial charge in [-0.2, -0.15) is 0 Å². The van der Waals surface area contributed by atoms with Crippen molar-refractivity contribution in [2.75, 3.05) is 6.61 Å². The fraction of sp³-hybridized carbons (Fsp3) is 0.267. The molecule has 4 nitrogen and oxygen atoms in total. The van der Waals surface area contributed by atoms with Gasteiger partial charge in [0.05, 0.1) is 12.5 Å². The van der Waals surface area contributed by atoms with Crippen LogP contribution in [0.1, 0.15) is 23.5 Å². The largest absolute Gasteiger partial charge is 0.493 e. The minimum absolute atomic E-state index is 0.0666. The van der Waals surface area contributed by atoms with E-state index >= 15 is 0 Å². The molecule has 4 heteroatoms. The second-order valence-electron chi connectivity index (χ2n) is 4.66. The topological polar surface area (TPSA) is 54.1 Å². The van der Waals surface area contributed by atoms with E-state index in [2.05, 4.69) is 10.3 Å². The quantitative estimate of drug-likeness (QED) is 0.884. The van der Waals surface area contributed by atoms with Crippen LogP contribution < -0.4 is 10.1 Å². The van der Waals surface area contributed by atoms with Crippen molar-refractivity contribution in [2.45, 2.75) is 18.9 Å². The molecule has 1 aliphatic heterocycles. The number of hydrogen-bond acceptors (Lipinski definition) is 2. The zero-order chi connectivity index (χ0) is 13.1. The lowest BCUT2D eigenvalue weighted by Gasteiger charge is -2.25. The van der Waals surface area contributed by atoms with Gasteiger partial charge in [-0.05, 0) is 24.1 Å². The Morgan fingerprint density at radius 1 is 1.37 bits per heavy atom. The third-order valence-corrected chi connectivity index (χ3v) is 3.40. The monoisotopic (exact) mass is 256 g/mol. The summed E-state index contributed by atoms with van der Waals surface area (Å²) in [6.07, 6.45) is 4.47. The Morgan fingerprint density at radius 3 is 3.11 bits per heavy atom. The smallest absolute Gasteiger partial charge is 0.228 e. The predicted octanol–water partition coefficient (Wildman–Crippen LogP) is 2.20. The summed E-state index contributed by atoms with van der Waals surface area (Å²) in [4.78, 5) is 15.3. The van der Waals surface area contributed by atoms with Crippen LogP contribution in [0.3, 0.4) is 0 Å². The molecule has 98 valence electrons. The first-order chi connectivity index (χ1) is 9.34. The molecule has 19 heavy (non-hydrogen) atoms. The van der Waals surface area contributed by atoms with Gasteiger partial charge in [-0.3, -0.25) is 4.79 Å². The average Bonchev–Trinajstić information content (AvgIpc) is 2.97. The Hall–Kier alpha value is -2.23. The third kappa shape index (κ3) is 2.47. The van der Waals surface area contributed by atoms with Crippen LogP contribution >= 0.6 is 0 Å². The van der Waals surface area contributed by atoms with Crippen LogP contribution in [0.2, 0.25) is 0 Å². The van der Waals surface area contributed by atoms with Crippen LogP contribution in [0.5, 0.6) is 5.75 Å². The summed E-state index contributed by atoms with van der Waals surface area (Å²) < 4.78 is 5.57. The highest BCUT2D eigenvalue weighted by atomic mass is 16.5. The van der Waals surface area contributed by atoms with E-state index in [0.29, 0.717) is 13.2 Å². The van der Waals surface area contributed by atoms with Gasteiger partial charge in [-0.15, -0.1) is 0 Å². The Bertz CT molecular complexity index is 563. The molecule has 1 atom stereocenters. The number of aromatic nitrogens is 1. The average molecular weight is 256 g/mol. The lowest BCUT2D eigenvalue weighted by molar-refractivity contribution is -0.123. The molecule has 1 unspecified atom stereocenters. The molecule has 1 aliphatic rings. The molecule has 0 fully saturated rings. The van der Waals surface area contributed by atoms with Crippen LogP contribution in [0.4, 0.5) is 0 Å². The first-order valence-electron chi connectivity index (χ1n) is 6.46. The van der Waals surface area contributed by atoms with Gasteiger partial charge in [0.1, 0.15) is 5.75 Å². The van der Waals surface area contributed by atoms with Crippen molar-refractivity contribution in [1.29, 1.82) is 0 Å². The number of H-pyrrole nitrogens is 1. The van der Waals surface area contributed by atoms with E-state index in [0.717, 1.165) is 23.3 Å². The standard InChI is InChI=1S/C15H16N2O2/c18-15(17-10-11-5-7-16-9-11)13-6-8-19-14-4-2-1-3-12(13)14/h1-5,7,9,13,16H,6,8,10H2,(H,17,18). The fourth-order valence-electron chi connectivity index (χ4n) is 2.40. The number of carbonyl (C=O) groups excluding carboxylic acids is 1. The number of aromatic amines is 1. The summed E-state index contributed by atoms with van der Waals surface area (Å²) in [6, 6.07) is 9.72. The van der Waals surface area contributed by atoms with Crippen molar-refractivity contribution in [3.05, 3.63) is 53.9 Å². The highest BCUT2D eigenvalue weighted by Gasteiger charge is 2.26. The molecule has 0 saturated heterocycles. The van der Waals surface area contributed by atoms with Gasteiger partial charge in [0.15, 0.2) is 0 Å². The molecule has 0 spiro atoms. The van der Waals surface area contributed by atoms with Gasteiger partial charge in [0.2, 0.25) is 5.91 Å². The molecular formula is C15H16N2O2. The molecule has 0 bridgehead atoms. The van der Waals surface area contributed by atoms with Crippen LogP contribution in [-0.4, -0.2) is 17.5 Å². The Kier molecular flexibility index (Phi) is 3.23. The van der Waals surface area contributed by atoms with Crippen LogP contribution in [0, 0.1) is 0 Å². The van der Waals surface area contributed by atoms with Gasteiger partial charge >= 0.3 is 0 Å². The molecule has 2 N–H and O–H groups in total. The van der Waals surface area contributed by atoms with Crippen molar-refractivity contribution in [3.8, 4) is 5.75 Å². The van der Waals surface area contributed by atoms with Crippen molar-refractivity contribution in [3.63, 3.8) is 0 Å². The normalized spacial score (nSPS) is 17.4. The summed E-state index contributed by atoms with van der Waals surface area (Å²) in [6.45, 7) is 1.15. The highest BCUT2D eigenvalue weighted by molar-refractivity contribution is 5.84. The Balaban J connectivity index is 1.71. The molecule has 1 amide bonds. The van der Waals surface area contributed by atoms with Crippen molar-refractivity contribution in [2.24, 2.45) is 0 Å². The van der Waals surface area contributed by atoms with Gasteiger partial charge in [-0.25, -0.2) is 0 Å². The molecule has 2 aromatic rings. The van der Waals surface area contributed by atoms with E-state index in [4.69, 9.17) is 4.74 Å². The number of para-hydroxylation sites is 1. The molecular weight excluding hydrogens is 240 g/mol. The van der Waals surface area contributed by atoms with E-state index in [1.54, 1.807) is 0 Å². The van der Waals surface area contributed by atoms with Gasteiger partial charge in [0, 0.05) is 24.5 Å². The summed E-state index contributed by atoms with van der Waals surface area (Å²) >= 11 is 0. The maximum absolute atomic E-state index is 12.3. The lowest BCUT2D eigenvalue weighted by Crippen LogP contribution is -2.31. The lowest BCUT2D eigenvalue weighted by atomic mass is 9.92. The zero-order valence-corrected chi connectivity index (χ0v) is 10.6. The predicted molar refractivity (Wildman–Crippen MR) is 71.9 cm³/mol. The Morgan fingerprint density at radius 2 is 2.26 bits per heavy atom. The maximum Gasteiger partial charge on any atom is 0.228 e. The van der Waals surface area contributed by atoms with E-state index < -0.39 is 0 Å². The minimum Gasteiger partial charge on any atom is -0.493 e. The maximum atomic E-state index is 12.3. The van der Waals surface area contributed by atoms with E-state index in [1.807, 2.05) is 42.7 Å². The van der Waals surface area contributed by atoms with Crippen LogP contribution in [-0.2, 0) is 11.3 Å². The number of ether oxygens (including phenoxy) is 1. The SMILES string of the molecule is O=C(NCc1cc[nH]c1)C1CCOc2ccccc21. The zero-order valence-electron chi connectivity index (χ0n) is 10.6. The number of nitrogens with one attached hydrogen (secondary N) is 2. The minimum atomic E-state index is -0.108. The van der Waals surface area contributed by atoms with Gasteiger partial charge < -0.3 is 15.0 Å². The molecule has 0 saturated carbocycles. The molecule has 3 rings (SSSR count). The molecule has 0 radical (unpaired) electrons. The summed E-state index contributed by atoms with van der Waals surface area (Å²) in [5.74, 6) is 0.788. The number of benzene rings is 1. The van der Waals surface area contributed by atoms with Gasteiger partial charge in [-0.1, -0.05) is 18.2 Å². The molecule has 2 heterocycles. The van der Waals surface area contributed by atoms with Crippen molar-refractivity contribution in [1.82, 2.24) is 10.3 Å². The summed E-state index contributed by atoms with van der Waals surface area (Å²) in [5.41, 5.74) is 2.06. The van der Waals surface area contributed by atoms with E-state index in [-0.39, 0.29) is 11.8 Å². The second kappa shape index (κ2) is 5.18. The first-order valence-corrected chi connectivity index (χ1v) is 6.46. The van der Waals surface area contributed by atoms with Crippen LogP contribution in [0.15, 0.2) is 42.7 Å². The third-order valence-electron chi connectivity index (χ3n) is 3.40. The van der Waals surface area contributed by atoms with Crippen molar-refractivity contribution < 1.29 is 9.53 Å². The fourth-order valence-corrected chi connectivity index (χ4v) is 2.40. The summed E-state index contributed by atoms with van der Waals surface area (Å²) in [5, 5.41) is 2.98. The number of rotatable bonds is 3. The summed E-state index contributed by atoms with van der Waals surface area (Å²) in [7, 11) is 0. The Labute approximate surface area is 111 Å². The van der Waals surface area contributed by atoms with Crippen LogP contribution in [0.25, 0.3) is 0 Å². The number of fused-ring (bicyclic) bond motifs is 1. The molecule has 0 aliphatic carbocycles. The number of amides is 1. The number of hydrogen-bond donors (Lipinski definition) is 2. The first kappa shape index (κ1) is 11.8. The second-order valence-corrected chi connectivity index (χ2v) is 4.66. The molecule has 1 aromatic heterocycles. The molecule has 1 aromatic carbocycles. The van der Waals surface area contributed by atoms with Crippen molar-refractivity contribution >= 4 is 5.91 Å². The number of carbonyl (C=O) groups is 1. The van der Waals surface area contributed by atoms with E-state index in [9.17, 15) is 4.79 Å².